The quantitative estimate of drug-likeness (QED) is 0.524. The van der Waals surface area contributed by atoms with Crippen molar-refractivity contribution < 1.29 is 14.0 Å². The predicted octanol–water partition coefficient (Wildman–Crippen LogP) is 2.20. The molecule has 7 nitrogen and oxygen atoms in total. The highest BCUT2D eigenvalue weighted by Crippen LogP contribution is 2.23. The van der Waals surface area contributed by atoms with E-state index >= 15 is 0 Å². The molecule has 0 saturated carbocycles. The highest BCUT2D eigenvalue weighted by molar-refractivity contribution is 5.79. The molecule has 1 unspecified atom stereocenters. The summed E-state index contributed by atoms with van der Waals surface area (Å²) < 4.78 is 10.7. The van der Waals surface area contributed by atoms with Gasteiger partial charge in [-0.15, -0.1) is 0 Å². The van der Waals surface area contributed by atoms with E-state index in [0.717, 1.165) is 35.7 Å². The van der Waals surface area contributed by atoms with Gasteiger partial charge in [-0.05, 0) is 53.2 Å². The summed E-state index contributed by atoms with van der Waals surface area (Å²) in [6, 6.07) is 3.61. The van der Waals surface area contributed by atoms with Crippen molar-refractivity contribution in [2.75, 3.05) is 19.6 Å². The van der Waals surface area contributed by atoms with E-state index < -0.39 is 5.60 Å². The first-order chi connectivity index (χ1) is 11.8. The smallest absolute Gasteiger partial charge is 0.191 e. The maximum atomic E-state index is 10.6. The van der Waals surface area contributed by atoms with Crippen molar-refractivity contribution in [3.63, 3.8) is 0 Å². The van der Waals surface area contributed by atoms with E-state index in [1.165, 1.54) is 0 Å². The Balaban J connectivity index is 1.96. The minimum atomic E-state index is -1.15. The Morgan fingerprint density at radius 1 is 1.28 bits per heavy atom. The zero-order valence-electron chi connectivity index (χ0n) is 15.6. The van der Waals surface area contributed by atoms with Crippen LogP contribution < -0.4 is 10.6 Å². The van der Waals surface area contributed by atoms with Gasteiger partial charge in [-0.1, -0.05) is 5.16 Å². The fourth-order valence-corrected chi connectivity index (χ4v) is 2.54. The number of rotatable bonds is 7. The first-order valence-electron chi connectivity index (χ1n) is 8.56. The van der Waals surface area contributed by atoms with Gasteiger partial charge in [0.15, 0.2) is 5.96 Å². The highest BCUT2D eigenvalue weighted by Gasteiger charge is 2.26. The number of hydrogen-bond donors (Lipinski definition) is 3. The van der Waals surface area contributed by atoms with E-state index in [9.17, 15) is 5.11 Å². The maximum Gasteiger partial charge on any atom is 0.191 e. The summed E-state index contributed by atoms with van der Waals surface area (Å²) in [7, 11) is 0. The summed E-state index contributed by atoms with van der Waals surface area (Å²) in [4.78, 5) is 4.48. The third kappa shape index (κ3) is 5.09. The van der Waals surface area contributed by atoms with Crippen molar-refractivity contribution in [3.05, 3.63) is 40.7 Å². The minimum absolute atomic E-state index is 0.195. The van der Waals surface area contributed by atoms with Gasteiger partial charge in [0, 0.05) is 18.7 Å². The molecule has 1 atom stereocenters. The van der Waals surface area contributed by atoms with Crippen LogP contribution in [-0.4, -0.2) is 35.9 Å². The second kappa shape index (κ2) is 8.20. The second-order valence-electron chi connectivity index (χ2n) is 6.36. The summed E-state index contributed by atoms with van der Waals surface area (Å²) in [6.07, 6.45) is 0.791. The predicted molar refractivity (Wildman–Crippen MR) is 96.7 cm³/mol. The number of aryl methyl sites for hydroxylation is 3. The Labute approximate surface area is 148 Å². The van der Waals surface area contributed by atoms with E-state index in [-0.39, 0.29) is 6.54 Å². The topological polar surface area (TPSA) is 95.8 Å². The lowest BCUT2D eigenvalue weighted by Crippen LogP contribution is -2.39. The van der Waals surface area contributed by atoms with Crippen LogP contribution >= 0.6 is 0 Å². The van der Waals surface area contributed by atoms with Crippen LogP contribution in [0.4, 0.5) is 0 Å². The van der Waals surface area contributed by atoms with Crippen molar-refractivity contribution in [3.8, 4) is 0 Å². The Morgan fingerprint density at radius 2 is 2.04 bits per heavy atom. The van der Waals surface area contributed by atoms with Gasteiger partial charge in [0.05, 0.1) is 12.2 Å². The minimum Gasteiger partial charge on any atom is -0.463 e. The van der Waals surface area contributed by atoms with Crippen LogP contribution in [0, 0.1) is 20.8 Å². The van der Waals surface area contributed by atoms with Crippen molar-refractivity contribution >= 4 is 5.96 Å². The first-order valence-corrected chi connectivity index (χ1v) is 8.56. The fraction of sp³-hybridized carbons (Fsp3) is 0.556. The first kappa shape index (κ1) is 19.1. The van der Waals surface area contributed by atoms with Gasteiger partial charge >= 0.3 is 0 Å². The molecule has 0 fully saturated rings. The molecule has 0 bridgehead atoms. The molecule has 7 heteroatoms. The van der Waals surface area contributed by atoms with Crippen LogP contribution in [0.5, 0.6) is 0 Å². The lowest BCUT2D eigenvalue weighted by molar-refractivity contribution is 0.0428. The van der Waals surface area contributed by atoms with Crippen LogP contribution in [0.25, 0.3) is 0 Å². The molecular formula is C18H28N4O3. The molecule has 2 aromatic rings. The van der Waals surface area contributed by atoms with Crippen LogP contribution in [0.1, 0.15) is 42.4 Å². The third-order valence-electron chi connectivity index (χ3n) is 4.01. The second-order valence-corrected chi connectivity index (χ2v) is 6.36. The average molecular weight is 348 g/mol. The van der Waals surface area contributed by atoms with E-state index in [1.54, 1.807) is 13.0 Å². The number of aliphatic imine (C=N–C) groups is 1. The molecule has 0 aliphatic rings. The van der Waals surface area contributed by atoms with Gasteiger partial charge in [-0.2, -0.15) is 0 Å². The number of hydrogen-bond acceptors (Lipinski definition) is 5. The van der Waals surface area contributed by atoms with Gasteiger partial charge in [0.2, 0.25) is 0 Å². The van der Waals surface area contributed by atoms with Gasteiger partial charge in [0.1, 0.15) is 22.9 Å². The maximum absolute atomic E-state index is 10.6. The number of guanidine groups is 1. The fourth-order valence-electron chi connectivity index (χ4n) is 2.54. The van der Waals surface area contributed by atoms with E-state index in [4.69, 9.17) is 8.94 Å². The molecule has 0 aliphatic heterocycles. The number of aromatic nitrogens is 1. The summed E-state index contributed by atoms with van der Waals surface area (Å²) in [5.41, 5.74) is 0.872. The van der Waals surface area contributed by atoms with Crippen molar-refractivity contribution in [1.82, 2.24) is 15.8 Å². The molecule has 0 aliphatic carbocycles. The zero-order valence-corrected chi connectivity index (χ0v) is 15.6. The SMILES string of the molecule is CCNC(=NCC(C)(O)c1ccc(C)o1)NCCc1c(C)noc1C. The number of nitrogens with one attached hydrogen (secondary N) is 2. The Kier molecular flexibility index (Phi) is 6.25. The molecule has 2 rings (SSSR count). The molecule has 2 aromatic heterocycles. The van der Waals surface area contributed by atoms with E-state index in [2.05, 4.69) is 20.8 Å². The molecule has 0 radical (unpaired) electrons. The number of nitrogens with zero attached hydrogens (tertiary/aromatic N) is 2. The molecule has 0 amide bonds. The normalized spacial score (nSPS) is 14.4. The Morgan fingerprint density at radius 3 is 2.60 bits per heavy atom. The summed E-state index contributed by atoms with van der Waals surface area (Å²) in [6.45, 7) is 11.0. The van der Waals surface area contributed by atoms with Crippen LogP contribution in [0.2, 0.25) is 0 Å². The van der Waals surface area contributed by atoms with Crippen molar-refractivity contribution in [1.29, 1.82) is 0 Å². The van der Waals surface area contributed by atoms with Gasteiger partial charge in [0.25, 0.3) is 0 Å². The molecule has 25 heavy (non-hydrogen) atoms. The van der Waals surface area contributed by atoms with Crippen molar-refractivity contribution in [2.24, 2.45) is 4.99 Å². The standard InChI is InChI=1S/C18H28N4O3/c1-6-19-17(20-10-9-15-13(3)22-25-14(15)4)21-11-18(5,23)16-8-7-12(2)24-16/h7-8,23H,6,9-11H2,1-5H3,(H2,19,20,21). The van der Waals surface area contributed by atoms with Crippen LogP contribution in [-0.2, 0) is 12.0 Å². The highest BCUT2D eigenvalue weighted by atomic mass is 16.5. The average Bonchev–Trinajstić information content (AvgIpc) is 3.13. The Hall–Kier alpha value is -2.28. The lowest BCUT2D eigenvalue weighted by Gasteiger charge is -2.19. The van der Waals surface area contributed by atoms with E-state index in [0.29, 0.717) is 18.3 Å². The largest absolute Gasteiger partial charge is 0.463 e. The molecule has 2 heterocycles. The van der Waals surface area contributed by atoms with E-state index in [1.807, 2.05) is 33.8 Å². The number of aliphatic hydroxyl groups is 1. The molecule has 3 N–H and O–H groups in total. The van der Waals surface area contributed by atoms with Crippen molar-refractivity contribution in [2.45, 2.75) is 46.6 Å². The number of furan rings is 1. The molecule has 0 aromatic carbocycles. The third-order valence-corrected chi connectivity index (χ3v) is 4.01. The zero-order chi connectivity index (χ0) is 18.4. The molecule has 0 spiro atoms. The monoisotopic (exact) mass is 348 g/mol. The van der Waals surface area contributed by atoms with Gasteiger partial charge in [-0.25, -0.2) is 4.99 Å². The van der Waals surface area contributed by atoms with Gasteiger partial charge < -0.3 is 24.7 Å². The lowest BCUT2D eigenvalue weighted by atomic mass is 10.0. The summed E-state index contributed by atoms with van der Waals surface area (Å²) >= 11 is 0. The molecule has 138 valence electrons. The van der Waals surface area contributed by atoms with Crippen LogP contribution in [0.15, 0.2) is 26.1 Å². The molecule has 0 saturated heterocycles. The summed E-state index contributed by atoms with van der Waals surface area (Å²) in [5, 5.41) is 21.0. The summed E-state index contributed by atoms with van der Waals surface area (Å²) in [5.74, 6) is 2.78. The van der Waals surface area contributed by atoms with Crippen LogP contribution in [0.3, 0.4) is 0 Å². The van der Waals surface area contributed by atoms with Gasteiger partial charge in [-0.3, -0.25) is 0 Å². The Bertz CT molecular complexity index is 696. The molecular weight excluding hydrogens is 320 g/mol.